The maximum Gasteiger partial charge on any atom is 0.328 e. The van der Waals surface area contributed by atoms with Gasteiger partial charge in [0.1, 0.15) is 23.1 Å². The average molecular weight is 435 g/mol. The molecule has 0 aromatic heterocycles. The fourth-order valence-electron chi connectivity index (χ4n) is 4.08. The first-order valence-corrected chi connectivity index (χ1v) is 11.8. The lowest BCUT2D eigenvalue weighted by atomic mass is 9.87. The highest BCUT2D eigenvalue weighted by atomic mass is 16.5. The van der Waals surface area contributed by atoms with E-state index in [2.05, 4.69) is 13.8 Å². The lowest BCUT2D eigenvalue weighted by molar-refractivity contribution is -0.136. The second-order valence-corrected chi connectivity index (χ2v) is 9.14. The van der Waals surface area contributed by atoms with Gasteiger partial charge >= 0.3 is 5.97 Å². The molecule has 0 spiro atoms. The zero-order valence-corrected chi connectivity index (χ0v) is 20.1. The van der Waals surface area contributed by atoms with E-state index in [4.69, 9.17) is 25.7 Å². The van der Waals surface area contributed by atoms with Crippen molar-refractivity contribution in [1.82, 2.24) is 0 Å². The molecule has 0 amide bonds. The van der Waals surface area contributed by atoms with E-state index in [1.54, 1.807) is 0 Å². The molecule has 176 valence electrons. The molecule has 2 rings (SSSR count). The summed E-state index contributed by atoms with van der Waals surface area (Å²) in [7, 11) is 0. The maximum atomic E-state index is 12.6. The Morgan fingerprint density at radius 1 is 1.13 bits per heavy atom. The number of nitrogens with two attached hydrogens (primary N) is 2. The molecule has 1 aromatic carbocycles. The Bertz CT molecular complexity index is 750. The monoisotopic (exact) mass is 434 g/mol. The summed E-state index contributed by atoms with van der Waals surface area (Å²) in [6, 6.07) is -0.633. The molecule has 0 fully saturated rings. The first-order chi connectivity index (χ1) is 14.7. The molecule has 0 saturated carbocycles. The third-order valence-corrected chi connectivity index (χ3v) is 6.34. The maximum absolute atomic E-state index is 12.6. The van der Waals surface area contributed by atoms with E-state index >= 15 is 0 Å². The number of carbonyl (C=O) groups is 1. The third-order valence-electron chi connectivity index (χ3n) is 6.34. The molecule has 0 bridgehead atoms. The fourth-order valence-corrected chi connectivity index (χ4v) is 4.08. The van der Waals surface area contributed by atoms with Gasteiger partial charge in [0.05, 0.1) is 6.61 Å². The van der Waals surface area contributed by atoms with Crippen molar-refractivity contribution in [3.63, 3.8) is 0 Å². The normalized spacial score (nSPS) is 18.9. The summed E-state index contributed by atoms with van der Waals surface area (Å²) in [5, 5.41) is 0. The van der Waals surface area contributed by atoms with Crippen LogP contribution in [0.4, 0.5) is 0 Å². The Kier molecular flexibility index (Phi) is 9.79. The van der Waals surface area contributed by atoms with Crippen molar-refractivity contribution in [3.05, 3.63) is 22.3 Å². The Balaban J connectivity index is 2.12. The van der Waals surface area contributed by atoms with Gasteiger partial charge in [-0.25, -0.2) is 4.79 Å². The number of hydrogen-bond acceptors (Lipinski definition) is 6. The topological polar surface area (TPSA) is 96.8 Å². The summed E-state index contributed by atoms with van der Waals surface area (Å²) >= 11 is 0. The Morgan fingerprint density at radius 3 is 2.55 bits per heavy atom. The highest BCUT2D eigenvalue weighted by molar-refractivity contribution is 5.79. The van der Waals surface area contributed by atoms with Crippen LogP contribution in [-0.2, 0) is 16.0 Å². The van der Waals surface area contributed by atoms with Crippen molar-refractivity contribution in [2.75, 3.05) is 19.8 Å². The minimum absolute atomic E-state index is 0.341. The van der Waals surface area contributed by atoms with Gasteiger partial charge in [-0.05, 0) is 83.0 Å². The highest BCUT2D eigenvalue weighted by Gasteiger charge is 2.35. The molecule has 1 aliphatic rings. The molecule has 2 atom stereocenters. The molecule has 6 nitrogen and oxygen atoms in total. The van der Waals surface area contributed by atoms with Gasteiger partial charge in [-0.15, -0.1) is 0 Å². The Hall–Kier alpha value is -1.63. The quantitative estimate of drug-likeness (QED) is 0.290. The number of fused-ring (bicyclic) bond motifs is 1. The molecule has 0 saturated heterocycles. The molecule has 1 aliphatic heterocycles. The van der Waals surface area contributed by atoms with E-state index in [0.717, 1.165) is 66.7 Å². The molecule has 1 unspecified atom stereocenters. The summed E-state index contributed by atoms with van der Waals surface area (Å²) < 4.78 is 18.2. The number of esters is 1. The lowest BCUT2D eigenvalue weighted by Crippen LogP contribution is -2.41. The van der Waals surface area contributed by atoms with Crippen LogP contribution in [0.1, 0.15) is 81.0 Å². The van der Waals surface area contributed by atoms with Crippen LogP contribution in [0.5, 0.6) is 11.5 Å². The van der Waals surface area contributed by atoms with Crippen LogP contribution in [0, 0.1) is 20.8 Å². The standard InChI is InChI=1S/C25H42N2O4/c1-6-7-10-15-29-16-25(5)13-12-20-19(4)22(17(2)18(3)23(20)31-25)30-24(28)21(27)11-8-9-14-26/h21H,6-16,26-27H2,1-5H3/t21-,25?/m0/s1. The lowest BCUT2D eigenvalue weighted by Gasteiger charge is -2.38. The number of hydrogen-bond donors (Lipinski definition) is 2. The van der Waals surface area contributed by atoms with Gasteiger partial charge in [-0.3, -0.25) is 0 Å². The number of benzene rings is 1. The second kappa shape index (κ2) is 11.8. The summed E-state index contributed by atoms with van der Waals surface area (Å²) in [6.45, 7) is 12.3. The van der Waals surface area contributed by atoms with Gasteiger partial charge in [-0.1, -0.05) is 26.2 Å². The SMILES string of the molecule is CCCCCOCC1(C)CCc2c(C)c(OC(=O)[C@@H](N)CCCCN)c(C)c(C)c2O1. The summed E-state index contributed by atoms with van der Waals surface area (Å²) in [5.41, 5.74) is 15.2. The summed E-state index contributed by atoms with van der Waals surface area (Å²) in [6.07, 6.45) is 7.45. The smallest absolute Gasteiger partial charge is 0.328 e. The molecular weight excluding hydrogens is 392 g/mol. The van der Waals surface area contributed by atoms with Gasteiger partial charge in [0.15, 0.2) is 0 Å². The van der Waals surface area contributed by atoms with Crippen molar-refractivity contribution in [2.24, 2.45) is 11.5 Å². The first-order valence-electron chi connectivity index (χ1n) is 11.8. The number of ether oxygens (including phenoxy) is 3. The molecule has 4 N–H and O–H groups in total. The highest BCUT2D eigenvalue weighted by Crippen LogP contribution is 2.44. The van der Waals surface area contributed by atoms with Crippen LogP contribution < -0.4 is 20.9 Å². The molecule has 1 heterocycles. The first kappa shape index (κ1) is 25.6. The predicted molar refractivity (Wildman–Crippen MR) is 125 cm³/mol. The van der Waals surface area contributed by atoms with Crippen LogP contribution in [0.25, 0.3) is 0 Å². The zero-order valence-electron chi connectivity index (χ0n) is 20.1. The second-order valence-electron chi connectivity index (χ2n) is 9.14. The number of unbranched alkanes of at least 4 members (excludes halogenated alkanes) is 3. The van der Waals surface area contributed by atoms with Crippen molar-refractivity contribution < 1.29 is 19.0 Å². The number of rotatable bonds is 12. The van der Waals surface area contributed by atoms with Crippen molar-refractivity contribution in [3.8, 4) is 11.5 Å². The molecule has 31 heavy (non-hydrogen) atoms. The molecular formula is C25H42N2O4. The fraction of sp³-hybridized carbons (Fsp3) is 0.720. The van der Waals surface area contributed by atoms with E-state index in [9.17, 15) is 4.79 Å². The van der Waals surface area contributed by atoms with Crippen LogP contribution in [0.3, 0.4) is 0 Å². The third kappa shape index (κ3) is 6.67. The van der Waals surface area contributed by atoms with E-state index < -0.39 is 6.04 Å². The van der Waals surface area contributed by atoms with Crippen molar-refractivity contribution in [1.29, 1.82) is 0 Å². The minimum Gasteiger partial charge on any atom is -0.485 e. The summed E-state index contributed by atoms with van der Waals surface area (Å²) in [4.78, 5) is 12.6. The van der Waals surface area contributed by atoms with Crippen molar-refractivity contribution >= 4 is 5.97 Å². The van der Waals surface area contributed by atoms with E-state index in [-0.39, 0.29) is 11.6 Å². The van der Waals surface area contributed by atoms with Crippen molar-refractivity contribution in [2.45, 2.75) is 97.6 Å². The van der Waals surface area contributed by atoms with Gasteiger partial charge in [0.2, 0.25) is 0 Å². The molecule has 6 heteroatoms. The van der Waals surface area contributed by atoms with Crippen LogP contribution in [0.2, 0.25) is 0 Å². The molecule has 0 radical (unpaired) electrons. The van der Waals surface area contributed by atoms with Crippen LogP contribution in [-0.4, -0.2) is 37.4 Å². The largest absolute Gasteiger partial charge is 0.485 e. The minimum atomic E-state index is -0.633. The van der Waals surface area contributed by atoms with E-state index in [1.165, 1.54) is 12.8 Å². The van der Waals surface area contributed by atoms with Crippen LogP contribution >= 0.6 is 0 Å². The van der Waals surface area contributed by atoms with Crippen LogP contribution in [0.15, 0.2) is 0 Å². The van der Waals surface area contributed by atoms with Gasteiger partial charge in [0, 0.05) is 12.2 Å². The molecule has 0 aliphatic carbocycles. The number of carbonyl (C=O) groups excluding carboxylic acids is 1. The van der Waals surface area contributed by atoms with Gasteiger partial charge in [-0.2, -0.15) is 0 Å². The molecule has 1 aromatic rings. The predicted octanol–water partition coefficient (Wildman–Crippen LogP) is 4.26. The Labute approximate surface area is 188 Å². The zero-order chi connectivity index (χ0) is 23.0. The Morgan fingerprint density at radius 2 is 1.87 bits per heavy atom. The van der Waals surface area contributed by atoms with E-state index in [0.29, 0.717) is 25.3 Å². The van der Waals surface area contributed by atoms with E-state index in [1.807, 2.05) is 20.8 Å². The van der Waals surface area contributed by atoms with Gasteiger partial charge in [0.25, 0.3) is 0 Å². The average Bonchev–Trinajstić information content (AvgIpc) is 2.75. The summed E-state index contributed by atoms with van der Waals surface area (Å²) in [5.74, 6) is 1.15. The van der Waals surface area contributed by atoms with Gasteiger partial charge < -0.3 is 25.7 Å².